The largest absolute Gasteiger partial charge is 0.310 e. The van der Waals surface area contributed by atoms with Gasteiger partial charge in [0.1, 0.15) is 0 Å². The van der Waals surface area contributed by atoms with Gasteiger partial charge in [0.2, 0.25) is 0 Å². The molecule has 0 spiro atoms. The molecule has 0 radical (unpaired) electrons. The molecule has 0 bridgehead atoms. The van der Waals surface area contributed by atoms with E-state index < -0.39 is 0 Å². The van der Waals surface area contributed by atoms with Crippen LogP contribution in [0, 0.1) is 0 Å². The molecule has 0 aromatic carbocycles. The number of nitrogens with zero attached hydrogens (tertiary/aromatic N) is 2. The van der Waals surface area contributed by atoms with Crippen LogP contribution < -0.4 is 5.32 Å². The molecule has 0 aromatic heterocycles. The van der Waals surface area contributed by atoms with Crippen molar-refractivity contribution in [3.8, 4) is 0 Å². The fourth-order valence-corrected chi connectivity index (χ4v) is 3.10. The highest BCUT2D eigenvalue weighted by atomic mass is 15.2. The van der Waals surface area contributed by atoms with Crippen LogP contribution in [0.1, 0.15) is 46.5 Å². The summed E-state index contributed by atoms with van der Waals surface area (Å²) < 4.78 is 0. The van der Waals surface area contributed by atoms with Gasteiger partial charge in [-0.15, -0.1) is 0 Å². The van der Waals surface area contributed by atoms with Gasteiger partial charge in [0.25, 0.3) is 0 Å². The van der Waals surface area contributed by atoms with Gasteiger partial charge in [-0.1, -0.05) is 13.8 Å². The number of likely N-dealkylation sites (N-methyl/N-ethyl adjacent to an activating group) is 1. The van der Waals surface area contributed by atoms with Crippen molar-refractivity contribution in [3.05, 3.63) is 0 Å². The third kappa shape index (κ3) is 4.22. The van der Waals surface area contributed by atoms with Crippen molar-refractivity contribution in [2.45, 2.75) is 64.6 Å². The number of piperidine rings is 1. The molecule has 2 fully saturated rings. The number of hydrogen-bond acceptors (Lipinski definition) is 3. The maximum atomic E-state index is 3.80. The minimum atomic E-state index is 0.703. The van der Waals surface area contributed by atoms with Gasteiger partial charge in [0.15, 0.2) is 0 Å². The molecule has 0 amide bonds. The van der Waals surface area contributed by atoms with E-state index in [4.69, 9.17) is 0 Å². The lowest BCUT2D eigenvalue weighted by Crippen LogP contribution is -2.52. The Labute approximate surface area is 113 Å². The zero-order valence-electron chi connectivity index (χ0n) is 12.5. The molecule has 2 rings (SSSR count). The smallest absolute Gasteiger partial charge is 0.0198 e. The highest BCUT2D eigenvalue weighted by Crippen LogP contribution is 2.22. The zero-order valence-corrected chi connectivity index (χ0v) is 12.5. The Kier molecular flexibility index (Phi) is 5.46. The molecule has 3 nitrogen and oxygen atoms in total. The Balaban J connectivity index is 1.75. The van der Waals surface area contributed by atoms with E-state index in [1.807, 2.05) is 0 Å². The second kappa shape index (κ2) is 6.88. The van der Waals surface area contributed by atoms with Gasteiger partial charge in [-0.05, 0) is 52.2 Å². The van der Waals surface area contributed by atoms with Crippen LogP contribution in [0.25, 0.3) is 0 Å². The summed E-state index contributed by atoms with van der Waals surface area (Å²) in [5, 5.41) is 3.80. The predicted octanol–water partition coefficient (Wildman–Crippen LogP) is 1.93. The van der Waals surface area contributed by atoms with Crippen molar-refractivity contribution in [2.24, 2.45) is 0 Å². The van der Waals surface area contributed by atoms with Crippen LogP contribution in [0.2, 0.25) is 0 Å². The van der Waals surface area contributed by atoms with E-state index >= 15 is 0 Å². The van der Waals surface area contributed by atoms with E-state index in [0.29, 0.717) is 6.04 Å². The van der Waals surface area contributed by atoms with Crippen molar-refractivity contribution in [1.29, 1.82) is 0 Å². The molecule has 1 aliphatic heterocycles. The molecule has 1 N–H and O–H groups in total. The van der Waals surface area contributed by atoms with Crippen molar-refractivity contribution in [2.75, 3.05) is 32.7 Å². The van der Waals surface area contributed by atoms with Crippen molar-refractivity contribution in [1.82, 2.24) is 15.1 Å². The topological polar surface area (TPSA) is 18.5 Å². The molecule has 2 atom stereocenters. The molecular weight excluding hydrogens is 222 g/mol. The molecule has 2 aliphatic rings. The molecule has 1 aliphatic carbocycles. The fourth-order valence-electron chi connectivity index (χ4n) is 3.10. The standard InChI is InChI=1S/C15H31N3/c1-4-17(5-2)11-13(3)18-10-6-7-15(12-18)16-14-8-9-14/h13-16H,4-12H2,1-3H3. The number of nitrogens with one attached hydrogen (secondary N) is 1. The molecule has 0 aromatic rings. The fraction of sp³-hybridized carbons (Fsp3) is 1.00. The number of likely N-dealkylation sites (tertiary alicyclic amines) is 1. The second-order valence-electron chi connectivity index (χ2n) is 6.11. The molecule has 1 saturated carbocycles. The summed E-state index contributed by atoms with van der Waals surface area (Å²) in [7, 11) is 0. The SMILES string of the molecule is CCN(CC)CC(C)N1CCCC(NC2CC2)C1. The minimum absolute atomic E-state index is 0.703. The van der Waals surface area contributed by atoms with Gasteiger partial charge in [-0.25, -0.2) is 0 Å². The predicted molar refractivity (Wildman–Crippen MR) is 78.0 cm³/mol. The highest BCUT2D eigenvalue weighted by molar-refractivity contribution is 4.89. The molecule has 1 saturated heterocycles. The van der Waals surface area contributed by atoms with E-state index in [2.05, 4.69) is 35.9 Å². The lowest BCUT2D eigenvalue weighted by atomic mass is 10.0. The van der Waals surface area contributed by atoms with Crippen LogP contribution in [0.15, 0.2) is 0 Å². The first-order valence-corrected chi connectivity index (χ1v) is 7.95. The number of rotatable bonds is 7. The van der Waals surface area contributed by atoms with E-state index in [9.17, 15) is 0 Å². The van der Waals surface area contributed by atoms with Crippen LogP contribution in [0.4, 0.5) is 0 Å². The van der Waals surface area contributed by atoms with Crippen LogP contribution in [-0.4, -0.2) is 60.6 Å². The van der Waals surface area contributed by atoms with Crippen molar-refractivity contribution in [3.63, 3.8) is 0 Å². The summed E-state index contributed by atoms with van der Waals surface area (Å²) in [6.07, 6.45) is 5.56. The Morgan fingerprint density at radius 2 is 1.89 bits per heavy atom. The molecule has 18 heavy (non-hydrogen) atoms. The van der Waals surface area contributed by atoms with Gasteiger partial charge in [0, 0.05) is 31.2 Å². The summed E-state index contributed by atoms with van der Waals surface area (Å²) in [4.78, 5) is 5.24. The summed E-state index contributed by atoms with van der Waals surface area (Å²) in [5.74, 6) is 0. The number of hydrogen-bond donors (Lipinski definition) is 1. The van der Waals surface area contributed by atoms with Crippen LogP contribution in [-0.2, 0) is 0 Å². The van der Waals surface area contributed by atoms with Crippen LogP contribution >= 0.6 is 0 Å². The lowest BCUT2D eigenvalue weighted by Gasteiger charge is -2.39. The van der Waals surface area contributed by atoms with Crippen molar-refractivity contribution >= 4 is 0 Å². The van der Waals surface area contributed by atoms with Gasteiger partial charge >= 0.3 is 0 Å². The van der Waals surface area contributed by atoms with Crippen molar-refractivity contribution < 1.29 is 0 Å². The minimum Gasteiger partial charge on any atom is -0.310 e. The second-order valence-corrected chi connectivity index (χ2v) is 6.11. The third-order valence-electron chi connectivity index (χ3n) is 4.54. The first kappa shape index (κ1) is 14.3. The summed E-state index contributed by atoms with van der Waals surface area (Å²) in [5.41, 5.74) is 0. The van der Waals surface area contributed by atoms with Gasteiger partial charge in [-0.3, -0.25) is 4.90 Å². The Bertz CT molecular complexity index is 236. The maximum Gasteiger partial charge on any atom is 0.0198 e. The van der Waals surface area contributed by atoms with Crippen LogP contribution in [0.5, 0.6) is 0 Å². The quantitative estimate of drug-likeness (QED) is 0.748. The van der Waals surface area contributed by atoms with E-state index in [0.717, 1.165) is 12.1 Å². The van der Waals surface area contributed by atoms with E-state index in [1.165, 1.54) is 58.4 Å². The Hall–Kier alpha value is -0.120. The average Bonchev–Trinajstić information content (AvgIpc) is 3.20. The van der Waals surface area contributed by atoms with Crippen LogP contribution in [0.3, 0.4) is 0 Å². The highest BCUT2D eigenvalue weighted by Gasteiger charge is 2.29. The molecule has 2 unspecified atom stereocenters. The summed E-state index contributed by atoms with van der Waals surface area (Å²) >= 11 is 0. The van der Waals surface area contributed by atoms with E-state index in [1.54, 1.807) is 0 Å². The molecule has 1 heterocycles. The normalized spacial score (nSPS) is 27.7. The summed E-state index contributed by atoms with van der Waals surface area (Å²) in [6.45, 7) is 13.1. The monoisotopic (exact) mass is 253 g/mol. The Morgan fingerprint density at radius 3 is 2.50 bits per heavy atom. The Morgan fingerprint density at radius 1 is 1.17 bits per heavy atom. The molecule has 106 valence electrons. The van der Waals surface area contributed by atoms with Gasteiger partial charge in [-0.2, -0.15) is 0 Å². The lowest BCUT2D eigenvalue weighted by molar-refractivity contribution is 0.114. The average molecular weight is 253 g/mol. The zero-order chi connectivity index (χ0) is 13.0. The maximum absolute atomic E-state index is 3.80. The van der Waals surface area contributed by atoms with Gasteiger partial charge < -0.3 is 10.2 Å². The summed E-state index contributed by atoms with van der Waals surface area (Å²) in [6, 6.07) is 2.31. The first-order chi connectivity index (χ1) is 8.72. The first-order valence-electron chi connectivity index (χ1n) is 7.95. The molecule has 3 heteroatoms. The molecular formula is C15H31N3. The third-order valence-corrected chi connectivity index (χ3v) is 4.54. The van der Waals surface area contributed by atoms with Gasteiger partial charge in [0.05, 0.1) is 0 Å². The van der Waals surface area contributed by atoms with E-state index in [-0.39, 0.29) is 0 Å².